The average Bonchev–Trinajstić information content (AvgIpc) is 2.36. The van der Waals surface area contributed by atoms with Gasteiger partial charge in [0.15, 0.2) is 0 Å². The molecule has 0 heterocycles. The van der Waals surface area contributed by atoms with E-state index < -0.39 is 5.82 Å². The van der Waals surface area contributed by atoms with Gasteiger partial charge in [-0.05, 0) is 31.5 Å². The van der Waals surface area contributed by atoms with E-state index >= 15 is 0 Å². The number of benzene rings is 2. The van der Waals surface area contributed by atoms with Crippen molar-refractivity contribution in [2.45, 2.75) is 19.9 Å². The molecule has 0 fully saturated rings. The maximum atomic E-state index is 13.3. The Labute approximate surface area is 107 Å². The first-order valence-corrected chi connectivity index (χ1v) is 5.95. The Bertz CT molecular complexity index is 535. The molecule has 2 aromatic rings. The fourth-order valence-corrected chi connectivity index (χ4v) is 1.83. The average molecular weight is 244 g/mol. The number of halogens is 1. The summed E-state index contributed by atoms with van der Waals surface area (Å²) >= 11 is 0. The number of aryl methyl sites for hydroxylation is 1. The van der Waals surface area contributed by atoms with E-state index in [9.17, 15) is 4.39 Å². The van der Waals surface area contributed by atoms with E-state index in [-0.39, 0.29) is 11.7 Å². The van der Waals surface area contributed by atoms with Gasteiger partial charge in [-0.3, -0.25) is 0 Å². The van der Waals surface area contributed by atoms with Gasteiger partial charge in [0.2, 0.25) is 0 Å². The van der Waals surface area contributed by atoms with Crippen LogP contribution in [0.1, 0.15) is 24.1 Å². The summed E-state index contributed by atoms with van der Waals surface area (Å²) in [5.74, 6) is -0.392. The van der Waals surface area contributed by atoms with Crippen molar-refractivity contribution in [2.24, 2.45) is 0 Å². The third kappa shape index (κ3) is 2.62. The molecule has 0 spiro atoms. The Kier molecular flexibility index (Phi) is 3.51. The first kappa shape index (κ1) is 12.4. The molecule has 18 heavy (non-hydrogen) atoms. The normalized spacial score (nSPS) is 12.2. The molecule has 1 atom stereocenters. The van der Waals surface area contributed by atoms with Crippen LogP contribution in [0.25, 0.3) is 0 Å². The topological polar surface area (TPSA) is 38.0 Å². The fourth-order valence-electron chi connectivity index (χ4n) is 1.83. The van der Waals surface area contributed by atoms with Gasteiger partial charge in [0.25, 0.3) is 0 Å². The highest BCUT2D eigenvalue weighted by molar-refractivity contribution is 5.67. The highest BCUT2D eigenvalue weighted by Crippen LogP contribution is 2.26. The van der Waals surface area contributed by atoms with Crippen LogP contribution >= 0.6 is 0 Å². The van der Waals surface area contributed by atoms with Gasteiger partial charge in [-0.2, -0.15) is 0 Å². The van der Waals surface area contributed by atoms with Crippen LogP contribution in [0, 0.1) is 12.7 Å². The monoisotopic (exact) mass is 244 g/mol. The molecule has 0 aliphatic carbocycles. The van der Waals surface area contributed by atoms with Gasteiger partial charge in [-0.15, -0.1) is 0 Å². The standard InChI is InChI=1S/C15H17FN2/c1-10-6-8-12(9-7-10)11(2)18-14-5-3-4-13(16)15(14)17/h3-9,11,18H,17H2,1-2H3. The molecule has 2 nitrogen and oxygen atoms in total. The van der Waals surface area contributed by atoms with Crippen LogP contribution in [-0.4, -0.2) is 0 Å². The number of hydrogen-bond donors (Lipinski definition) is 2. The zero-order chi connectivity index (χ0) is 13.1. The lowest BCUT2D eigenvalue weighted by atomic mass is 10.1. The maximum absolute atomic E-state index is 13.3. The predicted molar refractivity (Wildman–Crippen MR) is 74.0 cm³/mol. The van der Waals surface area contributed by atoms with Gasteiger partial charge in [0, 0.05) is 6.04 Å². The van der Waals surface area contributed by atoms with E-state index in [2.05, 4.69) is 29.6 Å². The van der Waals surface area contributed by atoms with Crippen molar-refractivity contribution in [1.82, 2.24) is 0 Å². The Morgan fingerprint density at radius 1 is 1.11 bits per heavy atom. The van der Waals surface area contributed by atoms with E-state index in [4.69, 9.17) is 5.73 Å². The van der Waals surface area contributed by atoms with Gasteiger partial charge >= 0.3 is 0 Å². The number of anilines is 2. The number of hydrogen-bond acceptors (Lipinski definition) is 2. The minimum Gasteiger partial charge on any atom is -0.395 e. The molecule has 2 rings (SSSR count). The van der Waals surface area contributed by atoms with Crippen molar-refractivity contribution < 1.29 is 4.39 Å². The summed E-state index contributed by atoms with van der Waals surface area (Å²) in [5.41, 5.74) is 8.85. The van der Waals surface area contributed by atoms with Crippen LogP contribution in [0.15, 0.2) is 42.5 Å². The van der Waals surface area contributed by atoms with Crippen LogP contribution in [0.4, 0.5) is 15.8 Å². The molecule has 0 aliphatic heterocycles. The summed E-state index contributed by atoms with van der Waals surface area (Å²) in [7, 11) is 0. The van der Waals surface area contributed by atoms with Gasteiger partial charge in [-0.25, -0.2) is 4.39 Å². The second-order valence-electron chi connectivity index (χ2n) is 4.48. The predicted octanol–water partition coefficient (Wildman–Crippen LogP) is 3.89. The van der Waals surface area contributed by atoms with Crippen molar-refractivity contribution in [1.29, 1.82) is 0 Å². The second-order valence-corrected chi connectivity index (χ2v) is 4.48. The third-order valence-corrected chi connectivity index (χ3v) is 3.00. The fraction of sp³-hybridized carbons (Fsp3) is 0.200. The van der Waals surface area contributed by atoms with Crippen LogP contribution in [0.5, 0.6) is 0 Å². The minimum atomic E-state index is -0.392. The summed E-state index contributed by atoms with van der Waals surface area (Å²) in [6.07, 6.45) is 0. The first-order chi connectivity index (χ1) is 8.58. The molecule has 0 aliphatic rings. The second kappa shape index (κ2) is 5.08. The van der Waals surface area contributed by atoms with Crippen molar-refractivity contribution >= 4 is 11.4 Å². The number of nitrogens with one attached hydrogen (secondary N) is 1. The quantitative estimate of drug-likeness (QED) is 0.804. The molecular weight excluding hydrogens is 227 g/mol. The largest absolute Gasteiger partial charge is 0.395 e. The van der Waals surface area contributed by atoms with Crippen molar-refractivity contribution in [3.8, 4) is 0 Å². The molecule has 0 saturated carbocycles. The van der Waals surface area contributed by atoms with E-state index in [0.717, 1.165) is 5.56 Å². The Balaban J connectivity index is 2.18. The Morgan fingerprint density at radius 2 is 1.78 bits per heavy atom. The molecule has 94 valence electrons. The van der Waals surface area contributed by atoms with E-state index in [1.807, 2.05) is 13.8 Å². The minimum absolute atomic E-state index is 0.0784. The summed E-state index contributed by atoms with van der Waals surface area (Å²) in [5, 5.41) is 3.22. The van der Waals surface area contributed by atoms with Crippen molar-refractivity contribution in [2.75, 3.05) is 11.1 Å². The van der Waals surface area contributed by atoms with Crippen LogP contribution in [0.3, 0.4) is 0 Å². The van der Waals surface area contributed by atoms with E-state index in [1.165, 1.54) is 11.6 Å². The summed E-state index contributed by atoms with van der Waals surface area (Å²) in [4.78, 5) is 0. The molecule has 0 saturated heterocycles. The molecule has 0 radical (unpaired) electrons. The summed E-state index contributed by atoms with van der Waals surface area (Å²) < 4.78 is 13.3. The SMILES string of the molecule is Cc1ccc(C(C)Nc2cccc(F)c2N)cc1. The summed E-state index contributed by atoms with van der Waals surface area (Å²) in [6.45, 7) is 4.07. The molecule has 0 amide bonds. The molecule has 3 heteroatoms. The smallest absolute Gasteiger partial charge is 0.148 e. The van der Waals surface area contributed by atoms with E-state index in [1.54, 1.807) is 12.1 Å². The Hall–Kier alpha value is -2.03. The number of para-hydroxylation sites is 1. The van der Waals surface area contributed by atoms with Crippen LogP contribution in [0.2, 0.25) is 0 Å². The number of nitrogens with two attached hydrogens (primary N) is 1. The first-order valence-electron chi connectivity index (χ1n) is 5.95. The van der Waals surface area contributed by atoms with Crippen LogP contribution < -0.4 is 11.1 Å². The van der Waals surface area contributed by atoms with Gasteiger partial charge in [0.05, 0.1) is 11.4 Å². The molecular formula is C15H17FN2. The molecule has 1 unspecified atom stereocenters. The van der Waals surface area contributed by atoms with Gasteiger partial charge in [0.1, 0.15) is 5.82 Å². The molecule has 0 bridgehead atoms. The highest BCUT2D eigenvalue weighted by atomic mass is 19.1. The van der Waals surface area contributed by atoms with Crippen molar-refractivity contribution in [3.63, 3.8) is 0 Å². The molecule has 2 aromatic carbocycles. The van der Waals surface area contributed by atoms with E-state index in [0.29, 0.717) is 5.69 Å². The lowest BCUT2D eigenvalue weighted by molar-refractivity contribution is 0.632. The third-order valence-electron chi connectivity index (χ3n) is 3.00. The molecule has 0 aromatic heterocycles. The lowest BCUT2D eigenvalue weighted by Gasteiger charge is -2.17. The molecule has 3 N–H and O–H groups in total. The Morgan fingerprint density at radius 3 is 2.44 bits per heavy atom. The number of nitrogen functional groups attached to an aromatic ring is 1. The zero-order valence-electron chi connectivity index (χ0n) is 10.6. The van der Waals surface area contributed by atoms with Crippen LogP contribution in [-0.2, 0) is 0 Å². The van der Waals surface area contributed by atoms with Crippen molar-refractivity contribution in [3.05, 3.63) is 59.4 Å². The zero-order valence-corrected chi connectivity index (χ0v) is 10.6. The lowest BCUT2D eigenvalue weighted by Crippen LogP contribution is -2.09. The van der Waals surface area contributed by atoms with Gasteiger partial charge < -0.3 is 11.1 Å². The summed E-state index contributed by atoms with van der Waals surface area (Å²) in [6, 6.07) is 13.1. The maximum Gasteiger partial charge on any atom is 0.148 e. The van der Waals surface area contributed by atoms with Gasteiger partial charge in [-0.1, -0.05) is 35.9 Å². The highest BCUT2D eigenvalue weighted by Gasteiger charge is 2.09. The number of rotatable bonds is 3.